The van der Waals surface area contributed by atoms with E-state index >= 15 is 0 Å². The molecule has 0 saturated carbocycles. The van der Waals surface area contributed by atoms with Crippen molar-refractivity contribution in [3.05, 3.63) is 28.2 Å². The Balaban J connectivity index is 2.67. The van der Waals surface area contributed by atoms with Crippen LogP contribution in [-0.4, -0.2) is 47.8 Å². The number of nitrogens with zero attached hydrogens (tertiary/aromatic N) is 3. The molecule has 1 rings (SSSR count). The van der Waals surface area contributed by atoms with E-state index in [0.717, 1.165) is 19.4 Å². The molecule has 0 aliphatic heterocycles. The number of nitrogens with one attached hydrogen (secondary N) is 1. The Morgan fingerprint density at radius 3 is 2.79 bits per heavy atom. The van der Waals surface area contributed by atoms with Crippen LogP contribution in [0.4, 0.5) is 0 Å². The van der Waals surface area contributed by atoms with Gasteiger partial charge in [0.1, 0.15) is 5.69 Å². The van der Waals surface area contributed by atoms with Gasteiger partial charge in [-0.25, -0.2) is 4.68 Å². The van der Waals surface area contributed by atoms with Gasteiger partial charge in [-0.1, -0.05) is 13.3 Å². The normalized spacial score (nSPS) is 10.7. The van der Waals surface area contributed by atoms with E-state index in [1.807, 2.05) is 25.9 Å². The van der Waals surface area contributed by atoms with Crippen LogP contribution >= 0.6 is 0 Å². The molecule has 6 heteroatoms. The number of carbonyl (C=O) groups excluding carboxylic acids is 1. The van der Waals surface area contributed by atoms with Crippen LogP contribution in [0.5, 0.6) is 0 Å². The SMILES string of the molecule is CCCCn1nc(C(=O)NCCN(C)C)ccc1=O. The van der Waals surface area contributed by atoms with Crippen LogP contribution < -0.4 is 10.9 Å². The first kappa shape index (κ1) is 15.4. The zero-order valence-corrected chi connectivity index (χ0v) is 11.8. The molecular formula is C13H22N4O2. The van der Waals surface area contributed by atoms with E-state index in [0.29, 0.717) is 13.1 Å². The van der Waals surface area contributed by atoms with Crippen LogP contribution in [0, 0.1) is 0 Å². The summed E-state index contributed by atoms with van der Waals surface area (Å²) in [5, 5.41) is 6.86. The van der Waals surface area contributed by atoms with Crippen molar-refractivity contribution < 1.29 is 4.79 Å². The van der Waals surface area contributed by atoms with Gasteiger partial charge in [-0.2, -0.15) is 5.10 Å². The fourth-order valence-electron chi connectivity index (χ4n) is 1.52. The van der Waals surface area contributed by atoms with E-state index in [2.05, 4.69) is 10.4 Å². The highest BCUT2D eigenvalue weighted by Gasteiger charge is 2.08. The summed E-state index contributed by atoms with van der Waals surface area (Å²) in [6.07, 6.45) is 1.85. The molecule has 1 heterocycles. The maximum Gasteiger partial charge on any atom is 0.271 e. The van der Waals surface area contributed by atoms with Crippen LogP contribution in [0.2, 0.25) is 0 Å². The van der Waals surface area contributed by atoms with Crippen molar-refractivity contribution in [1.29, 1.82) is 0 Å². The summed E-state index contributed by atoms with van der Waals surface area (Å²) in [7, 11) is 3.88. The first-order valence-electron chi connectivity index (χ1n) is 6.55. The number of rotatable bonds is 7. The Hall–Kier alpha value is -1.69. The van der Waals surface area contributed by atoms with Crippen molar-refractivity contribution in [3.63, 3.8) is 0 Å². The van der Waals surface area contributed by atoms with Gasteiger partial charge in [0.15, 0.2) is 0 Å². The zero-order valence-electron chi connectivity index (χ0n) is 11.8. The third-order valence-corrected chi connectivity index (χ3v) is 2.67. The maximum atomic E-state index is 11.9. The van der Waals surface area contributed by atoms with E-state index in [4.69, 9.17) is 0 Å². The summed E-state index contributed by atoms with van der Waals surface area (Å²) in [5.41, 5.74) is 0.118. The van der Waals surface area contributed by atoms with Crippen LogP contribution in [0.3, 0.4) is 0 Å². The quantitative estimate of drug-likeness (QED) is 0.772. The van der Waals surface area contributed by atoms with Gasteiger partial charge in [0, 0.05) is 25.7 Å². The first-order chi connectivity index (χ1) is 9.04. The summed E-state index contributed by atoms with van der Waals surface area (Å²) in [6.45, 7) is 3.92. The van der Waals surface area contributed by atoms with Crippen LogP contribution in [0.1, 0.15) is 30.3 Å². The largest absolute Gasteiger partial charge is 0.349 e. The number of hydrogen-bond donors (Lipinski definition) is 1. The van der Waals surface area contributed by atoms with E-state index in [9.17, 15) is 9.59 Å². The summed E-state index contributed by atoms with van der Waals surface area (Å²) in [4.78, 5) is 25.4. The first-order valence-corrected chi connectivity index (χ1v) is 6.55. The standard InChI is InChI=1S/C13H22N4O2/c1-4-5-9-17-12(18)7-6-11(15-17)13(19)14-8-10-16(2)3/h6-7H,4-5,8-10H2,1-3H3,(H,14,19). The summed E-state index contributed by atoms with van der Waals surface area (Å²) in [5.74, 6) is -0.243. The Morgan fingerprint density at radius 2 is 2.16 bits per heavy atom. The number of hydrogen-bond acceptors (Lipinski definition) is 4. The Kier molecular flexibility index (Phi) is 6.21. The van der Waals surface area contributed by atoms with Crippen LogP contribution in [0.15, 0.2) is 16.9 Å². The van der Waals surface area contributed by atoms with Gasteiger partial charge in [-0.15, -0.1) is 0 Å². The third-order valence-electron chi connectivity index (χ3n) is 2.67. The minimum absolute atomic E-state index is 0.168. The lowest BCUT2D eigenvalue weighted by atomic mass is 10.3. The molecule has 19 heavy (non-hydrogen) atoms. The molecule has 0 aromatic carbocycles. The molecular weight excluding hydrogens is 244 g/mol. The molecule has 0 aliphatic carbocycles. The number of aromatic nitrogens is 2. The van der Waals surface area contributed by atoms with Gasteiger partial charge in [-0.05, 0) is 26.6 Å². The van der Waals surface area contributed by atoms with Gasteiger partial charge < -0.3 is 10.2 Å². The number of carbonyl (C=O) groups is 1. The Bertz CT molecular complexity index is 468. The highest BCUT2D eigenvalue weighted by molar-refractivity contribution is 5.91. The van der Waals surface area contributed by atoms with E-state index < -0.39 is 0 Å². The second-order valence-electron chi connectivity index (χ2n) is 4.69. The second-order valence-corrected chi connectivity index (χ2v) is 4.69. The minimum atomic E-state index is -0.243. The lowest BCUT2D eigenvalue weighted by Crippen LogP contribution is -2.33. The van der Waals surface area contributed by atoms with Gasteiger partial charge in [0.2, 0.25) is 0 Å². The van der Waals surface area contributed by atoms with Gasteiger partial charge >= 0.3 is 0 Å². The highest BCUT2D eigenvalue weighted by atomic mass is 16.2. The second kappa shape index (κ2) is 7.68. The lowest BCUT2D eigenvalue weighted by Gasteiger charge is -2.10. The van der Waals surface area contributed by atoms with Crippen molar-refractivity contribution in [2.75, 3.05) is 27.2 Å². The predicted octanol–water partition coefficient (Wildman–Crippen LogP) is 0.335. The number of amides is 1. The summed E-state index contributed by atoms with van der Waals surface area (Å²) < 4.78 is 1.35. The van der Waals surface area contributed by atoms with Gasteiger partial charge in [0.05, 0.1) is 0 Å². The van der Waals surface area contributed by atoms with Crippen molar-refractivity contribution in [2.45, 2.75) is 26.3 Å². The molecule has 0 saturated heterocycles. The molecule has 6 nitrogen and oxygen atoms in total. The molecule has 1 N–H and O–H groups in total. The fraction of sp³-hybridized carbons (Fsp3) is 0.615. The van der Waals surface area contributed by atoms with Gasteiger partial charge in [-0.3, -0.25) is 9.59 Å². The maximum absolute atomic E-state index is 11.9. The molecule has 0 aliphatic rings. The zero-order chi connectivity index (χ0) is 14.3. The van der Waals surface area contributed by atoms with Crippen molar-refractivity contribution in [1.82, 2.24) is 20.0 Å². The molecule has 106 valence electrons. The van der Waals surface area contributed by atoms with E-state index in [1.165, 1.54) is 16.8 Å². The summed E-state index contributed by atoms with van der Waals surface area (Å²) in [6, 6.07) is 2.86. The molecule has 0 spiro atoms. The van der Waals surface area contributed by atoms with Gasteiger partial charge in [0.25, 0.3) is 11.5 Å². The van der Waals surface area contributed by atoms with Crippen LogP contribution in [0.25, 0.3) is 0 Å². The molecule has 0 radical (unpaired) electrons. The van der Waals surface area contributed by atoms with Crippen molar-refractivity contribution in [2.24, 2.45) is 0 Å². The average molecular weight is 266 g/mol. The molecule has 0 unspecified atom stereocenters. The minimum Gasteiger partial charge on any atom is -0.349 e. The molecule has 0 fully saturated rings. The van der Waals surface area contributed by atoms with E-state index in [-0.39, 0.29) is 17.2 Å². The highest BCUT2D eigenvalue weighted by Crippen LogP contribution is 1.94. The number of aryl methyl sites for hydroxylation is 1. The Labute approximate surface area is 113 Å². The van der Waals surface area contributed by atoms with Crippen molar-refractivity contribution in [3.8, 4) is 0 Å². The lowest BCUT2D eigenvalue weighted by molar-refractivity contribution is 0.0943. The molecule has 0 atom stereocenters. The average Bonchev–Trinajstić information content (AvgIpc) is 2.37. The smallest absolute Gasteiger partial charge is 0.271 e. The Morgan fingerprint density at radius 1 is 1.42 bits per heavy atom. The number of unbranched alkanes of at least 4 members (excludes halogenated alkanes) is 1. The van der Waals surface area contributed by atoms with E-state index in [1.54, 1.807) is 0 Å². The molecule has 1 aromatic heterocycles. The number of likely N-dealkylation sites (N-methyl/N-ethyl adjacent to an activating group) is 1. The fourth-order valence-corrected chi connectivity index (χ4v) is 1.52. The van der Waals surface area contributed by atoms with Crippen molar-refractivity contribution >= 4 is 5.91 Å². The molecule has 0 bridgehead atoms. The summed E-state index contributed by atoms with van der Waals surface area (Å²) >= 11 is 0. The topological polar surface area (TPSA) is 67.2 Å². The molecule has 1 amide bonds. The monoisotopic (exact) mass is 266 g/mol. The predicted molar refractivity (Wildman–Crippen MR) is 74.3 cm³/mol. The third kappa shape index (κ3) is 5.21. The molecule has 1 aromatic rings. The van der Waals surface area contributed by atoms with Crippen LogP contribution in [-0.2, 0) is 6.54 Å².